The number of pyridine rings is 1. The van der Waals surface area contributed by atoms with Gasteiger partial charge in [0.1, 0.15) is 17.4 Å². The van der Waals surface area contributed by atoms with Gasteiger partial charge in [-0.05, 0) is 30.7 Å². The zero-order chi connectivity index (χ0) is 17.3. The van der Waals surface area contributed by atoms with Crippen molar-refractivity contribution in [3.05, 3.63) is 35.8 Å². The Bertz CT molecular complexity index is 728. The number of hydrogen-bond donors (Lipinski definition) is 2. The van der Waals surface area contributed by atoms with Crippen molar-refractivity contribution in [3.8, 4) is 5.75 Å². The molecule has 0 amide bonds. The van der Waals surface area contributed by atoms with Crippen LogP contribution < -0.4 is 10.5 Å². The maximum atomic E-state index is 14.1. The molecule has 7 heteroatoms. The van der Waals surface area contributed by atoms with Crippen LogP contribution in [0.5, 0.6) is 5.75 Å². The molecule has 3 atom stereocenters. The van der Waals surface area contributed by atoms with Gasteiger partial charge in [0.05, 0.1) is 13.2 Å². The van der Waals surface area contributed by atoms with Gasteiger partial charge in [-0.15, -0.1) is 0 Å². The minimum atomic E-state index is -1.10. The van der Waals surface area contributed by atoms with Crippen LogP contribution in [0, 0.1) is 5.82 Å². The molecule has 24 heavy (non-hydrogen) atoms. The van der Waals surface area contributed by atoms with Gasteiger partial charge in [0.15, 0.2) is 5.82 Å². The summed E-state index contributed by atoms with van der Waals surface area (Å²) in [6.07, 6.45) is 0.0229. The van der Waals surface area contributed by atoms with Crippen molar-refractivity contribution >= 4 is 10.9 Å². The Morgan fingerprint density at radius 3 is 3.00 bits per heavy atom. The van der Waals surface area contributed by atoms with Crippen molar-refractivity contribution in [1.29, 1.82) is 0 Å². The van der Waals surface area contributed by atoms with E-state index < -0.39 is 24.1 Å². The third kappa shape index (κ3) is 3.33. The zero-order valence-corrected chi connectivity index (χ0v) is 13.5. The number of aliphatic hydroxyl groups is 1. The van der Waals surface area contributed by atoms with E-state index in [2.05, 4.69) is 4.98 Å². The van der Waals surface area contributed by atoms with E-state index in [0.717, 1.165) is 0 Å². The second-order valence-electron chi connectivity index (χ2n) is 6.15. The smallest absolute Gasteiger partial charge is 0.153 e. The van der Waals surface area contributed by atoms with Crippen LogP contribution in [0.1, 0.15) is 18.1 Å². The first-order valence-electron chi connectivity index (χ1n) is 7.92. The van der Waals surface area contributed by atoms with Gasteiger partial charge >= 0.3 is 0 Å². The fraction of sp³-hybridized carbons (Fsp3) is 0.471. The summed E-state index contributed by atoms with van der Waals surface area (Å²) >= 11 is 0. The van der Waals surface area contributed by atoms with E-state index in [0.29, 0.717) is 29.7 Å². The van der Waals surface area contributed by atoms with Gasteiger partial charge in [-0.1, -0.05) is 0 Å². The SMILES string of the molecule is COc1cc(F)c2nccc(C(O)CN3CCC(N)[C@H](F)C3)c2c1. The molecule has 130 valence electrons. The number of ether oxygens (including phenoxy) is 1. The number of rotatable bonds is 4. The molecule has 1 aromatic carbocycles. The van der Waals surface area contributed by atoms with Crippen LogP contribution in [-0.4, -0.2) is 53.9 Å². The molecule has 3 N–H and O–H groups in total. The third-order valence-corrected chi connectivity index (χ3v) is 4.51. The van der Waals surface area contributed by atoms with Crippen LogP contribution in [-0.2, 0) is 0 Å². The number of likely N-dealkylation sites (tertiary alicyclic amines) is 1. The van der Waals surface area contributed by atoms with Crippen LogP contribution in [0.15, 0.2) is 24.4 Å². The summed E-state index contributed by atoms with van der Waals surface area (Å²) in [5, 5.41) is 11.1. The van der Waals surface area contributed by atoms with Gasteiger partial charge in [0.25, 0.3) is 0 Å². The summed E-state index contributed by atoms with van der Waals surface area (Å²) in [5.74, 6) is -0.152. The molecule has 1 aromatic heterocycles. The summed E-state index contributed by atoms with van der Waals surface area (Å²) in [7, 11) is 1.45. The highest BCUT2D eigenvalue weighted by Crippen LogP contribution is 2.29. The number of nitrogens with two attached hydrogens (primary N) is 1. The van der Waals surface area contributed by atoms with Crippen LogP contribution in [0.3, 0.4) is 0 Å². The Hall–Kier alpha value is -1.83. The predicted octanol–water partition coefficient (Wildman–Crippen LogP) is 1.79. The van der Waals surface area contributed by atoms with Crippen molar-refractivity contribution in [3.63, 3.8) is 0 Å². The molecular formula is C17H21F2N3O2. The minimum absolute atomic E-state index is 0.177. The number of aliphatic hydroxyl groups excluding tert-OH is 1. The Morgan fingerprint density at radius 2 is 2.29 bits per heavy atom. The van der Waals surface area contributed by atoms with E-state index in [9.17, 15) is 13.9 Å². The second-order valence-corrected chi connectivity index (χ2v) is 6.15. The molecule has 0 aliphatic carbocycles. The number of alkyl halides is 1. The number of piperidine rings is 1. The molecule has 0 spiro atoms. The van der Waals surface area contributed by atoms with Gasteiger partial charge in [-0.2, -0.15) is 0 Å². The summed E-state index contributed by atoms with van der Waals surface area (Å²) in [5.41, 5.74) is 6.40. The van der Waals surface area contributed by atoms with Gasteiger partial charge in [0.2, 0.25) is 0 Å². The average Bonchev–Trinajstić information content (AvgIpc) is 2.57. The molecule has 0 radical (unpaired) electrons. The molecule has 2 unspecified atom stereocenters. The molecule has 1 aliphatic rings. The molecule has 1 fully saturated rings. The standard InChI is InChI=1S/C17H21F2N3O2/c1-24-10-6-12-11(2-4-21-17(12)13(18)7-10)16(23)9-22-5-3-15(20)14(19)8-22/h2,4,6-7,14-16,23H,3,5,8-9,20H2,1H3/t14-,15?,16?/m1/s1. The lowest BCUT2D eigenvalue weighted by atomic mass is 10.0. The number of fused-ring (bicyclic) bond motifs is 1. The highest BCUT2D eigenvalue weighted by atomic mass is 19.1. The molecule has 1 saturated heterocycles. The summed E-state index contributed by atoms with van der Waals surface area (Å²) in [6.45, 7) is 1.07. The maximum absolute atomic E-state index is 14.1. The van der Waals surface area contributed by atoms with Crippen molar-refractivity contribution in [2.24, 2.45) is 5.73 Å². The minimum Gasteiger partial charge on any atom is -0.497 e. The van der Waals surface area contributed by atoms with E-state index in [1.54, 1.807) is 12.1 Å². The van der Waals surface area contributed by atoms with Gasteiger partial charge in [0, 0.05) is 36.8 Å². The third-order valence-electron chi connectivity index (χ3n) is 4.51. The zero-order valence-electron chi connectivity index (χ0n) is 13.5. The van der Waals surface area contributed by atoms with Crippen molar-refractivity contribution in [1.82, 2.24) is 9.88 Å². The number of benzene rings is 1. The number of nitrogens with zero attached hydrogens (tertiary/aromatic N) is 2. The Morgan fingerprint density at radius 1 is 1.50 bits per heavy atom. The fourth-order valence-electron chi connectivity index (χ4n) is 3.11. The molecule has 2 aromatic rings. The van der Waals surface area contributed by atoms with Crippen LogP contribution in [0.4, 0.5) is 8.78 Å². The second kappa shape index (κ2) is 6.96. The Kier molecular flexibility index (Phi) is 4.93. The molecule has 3 rings (SSSR count). The maximum Gasteiger partial charge on any atom is 0.153 e. The largest absolute Gasteiger partial charge is 0.497 e. The quantitative estimate of drug-likeness (QED) is 0.890. The first-order chi connectivity index (χ1) is 11.5. The van der Waals surface area contributed by atoms with Gasteiger partial charge < -0.3 is 15.6 Å². The molecule has 5 nitrogen and oxygen atoms in total. The molecule has 0 bridgehead atoms. The van der Waals surface area contributed by atoms with Gasteiger partial charge in [-0.25, -0.2) is 8.78 Å². The first kappa shape index (κ1) is 17.0. The number of halogens is 2. The average molecular weight is 337 g/mol. The lowest BCUT2D eigenvalue weighted by Crippen LogP contribution is -2.49. The lowest BCUT2D eigenvalue weighted by Gasteiger charge is -2.34. The van der Waals surface area contributed by atoms with E-state index in [1.165, 1.54) is 19.4 Å². The van der Waals surface area contributed by atoms with E-state index in [4.69, 9.17) is 10.5 Å². The highest BCUT2D eigenvalue weighted by molar-refractivity contribution is 5.84. The van der Waals surface area contributed by atoms with E-state index >= 15 is 0 Å². The molecular weight excluding hydrogens is 316 g/mol. The van der Waals surface area contributed by atoms with E-state index in [-0.39, 0.29) is 18.6 Å². The van der Waals surface area contributed by atoms with Crippen molar-refractivity contribution in [2.75, 3.05) is 26.7 Å². The van der Waals surface area contributed by atoms with Crippen molar-refractivity contribution < 1.29 is 18.6 Å². The fourth-order valence-corrected chi connectivity index (χ4v) is 3.11. The van der Waals surface area contributed by atoms with Crippen LogP contribution in [0.25, 0.3) is 10.9 Å². The van der Waals surface area contributed by atoms with Crippen LogP contribution in [0.2, 0.25) is 0 Å². The van der Waals surface area contributed by atoms with Gasteiger partial charge in [-0.3, -0.25) is 9.88 Å². The Balaban J connectivity index is 1.87. The molecule has 0 saturated carbocycles. The lowest BCUT2D eigenvalue weighted by molar-refractivity contribution is 0.0651. The summed E-state index contributed by atoms with van der Waals surface area (Å²) in [4.78, 5) is 5.87. The molecule has 1 aliphatic heterocycles. The highest BCUT2D eigenvalue weighted by Gasteiger charge is 2.28. The normalized spacial score (nSPS) is 23.4. The van der Waals surface area contributed by atoms with Crippen molar-refractivity contribution in [2.45, 2.75) is 24.7 Å². The van der Waals surface area contributed by atoms with E-state index in [1.807, 2.05) is 4.90 Å². The number of β-amino-alcohol motifs (C(OH)–C–C–N with tert-alkyl or cyclic N) is 1. The monoisotopic (exact) mass is 337 g/mol. The topological polar surface area (TPSA) is 71.6 Å². The molecule has 2 heterocycles. The first-order valence-corrected chi connectivity index (χ1v) is 7.92. The number of hydrogen-bond acceptors (Lipinski definition) is 5. The number of methoxy groups -OCH3 is 1. The summed E-state index contributed by atoms with van der Waals surface area (Å²) < 4.78 is 33.0. The predicted molar refractivity (Wildman–Crippen MR) is 87.1 cm³/mol. The number of aromatic nitrogens is 1. The Labute approximate surface area is 139 Å². The summed E-state index contributed by atoms with van der Waals surface area (Å²) in [6, 6.07) is 4.10. The van der Waals surface area contributed by atoms with Crippen LogP contribution >= 0.6 is 0 Å².